The minimum absolute atomic E-state index is 0.0624. The molecule has 6 heteroatoms. The highest BCUT2D eigenvalue weighted by atomic mass is 32.1. The topological polar surface area (TPSA) is 60.5 Å². The number of para-hydroxylation sites is 2. The third kappa shape index (κ3) is 4.72. The summed E-state index contributed by atoms with van der Waals surface area (Å²) in [5.41, 5.74) is 1.14. The molecule has 25 heavy (non-hydrogen) atoms. The van der Waals surface area contributed by atoms with Gasteiger partial charge in [0.25, 0.3) is 5.91 Å². The number of aromatic nitrogens is 1. The van der Waals surface area contributed by atoms with Crippen molar-refractivity contribution < 1.29 is 14.3 Å². The number of nitrogens with one attached hydrogen (secondary N) is 1. The molecular formula is C19H24N2O3S. The van der Waals surface area contributed by atoms with Crippen LogP contribution in [0.1, 0.15) is 37.3 Å². The molecule has 0 radical (unpaired) electrons. The molecular weight excluding hydrogens is 336 g/mol. The lowest BCUT2D eigenvalue weighted by Gasteiger charge is -2.15. The summed E-state index contributed by atoms with van der Waals surface area (Å²) in [7, 11) is 0. The van der Waals surface area contributed by atoms with E-state index in [1.54, 1.807) is 11.3 Å². The molecule has 1 aliphatic carbocycles. The van der Waals surface area contributed by atoms with Crippen LogP contribution >= 0.6 is 11.3 Å². The van der Waals surface area contributed by atoms with Crippen LogP contribution in [0.15, 0.2) is 24.3 Å². The number of hydrogen-bond acceptors (Lipinski definition) is 5. The van der Waals surface area contributed by atoms with E-state index in [4.69, 9.17) is 9.47 Å². The summed E-state index contributed by atoms with van der Waals surface area (Å²) < 4.78 is 11.3. The van der Waals surface area contributed by atoms with Crippen molar-refractivity contribution in [3.8, 4) is 11.5 Å². The fraction of sp³-hybridized carbons (Fsp3) is 0.474. The van der Waals surface area contributed by atoms with Gasteiger partial charge in [0.15, 0.2) is 23.2 Å². The lowest BCUT2D eigenvalue weighted by molar-refractivity contribution is -0.118. The van der Waals surface area contributed by atoms with Gasteiger partial charge >= 0.3 is 0 Å². The first-order valence-electron chi connectivity index (χ1n) is 8.78. The van der Waals surface area contributed by atoms with Crippen molar-refractivity contribution in [3.63, 3.8) is 0 Å². The van der Waals surface area contributed by atoms with E-state index in [2.05, 4.69) is 17.2 Å². The summed E-state index contributed by atoms with van der Waals surface area (Å²) in [6, 6.07) is 7.40. The smallest absolute Gasteiger partial charge is 0.264 e. The van der Waals surface area contributed by atoms with Gasteiger partial charge in [-0.25, -0.2) is 4.98 Å². The van der Waals surface area contributed by atoms with Crippen molar-refractivity contribution in [1.29, 1.82) is 0 Å². The molecule has 134 valence electrons. The molecule has 1 amide bonds. The van der Waals surface area contributed by atoms with Crippen LogP contribution in [0.2, 0.25) is 0 Å². The largest absolute Gasteiger partial charge is 0.490 e. The number of carbonyl (C=O) groups excluding carboxylic acids is 1. The zero-order valence-electron chi connectivity index (χ0n) is 14.7. The zero-order chi connectivity index (χ0) is 17.6. The number of rotatable bonds is 7. The lowest BCUT2D eigenvalue weighted by Crippen LogP contribution is -2.20. The number of nitrogens with zero attached hydrogens (tertiary/aromatic N) is 1. The third-order valence-corrected chi connectivity index (χ3v) is 5.14. The van der Waals surface area contributed by atoms with Gasteiger partial charge < -0.3 is 9.47 Å². The van der Waals surface area contributed by atoms with Crippen molar-refractivity contribution in [3.05, 3.63) is 34.8 Å². The fourth-order valence-corrected chi connectivity index (χ4v) is 3.98. The highest BCUT2D eigenvalue weighted by Crippen LogP contribution is 2.32. The Morgan fingerprint density at radius 3 is 2.84 bits per heavy atom. The Bertz CT molecular complexity index is 729. The van der Waals surface area contributed by atoms with E-state index < -0.39 is 0 Å². The van der Waals surface area contributed by atoms with Crippen LogP contribution in [-0.4, -0.2) is 24.1 Å². The quantitative estimate of drug-likeness (QED) is 0.808. The third-order valence-electron chi connectivity index (χ3n) is 4.10. The summed E-state index contributed by atoms with van der Waals surface area (Å²) >= 11 is 1.58. The first-order chi connectivity index (χ1) is 12.2. The Morgan fingerprint density at radius 2 is 2.08 bits per heavy atom. The van der Waals surface area contributed by atoms with Crippen LogP contribution in [0, 0.1) is 5.92 Å². The monoisotopic (exact) mass is 360 g/mol. The average molecular weight is 360 g/mol. The van der Waals surface area contributed by atoms with Crippen LogP contribution in [0.25, 0.3) is 0 Å². The van der Waals surface area contributed by atoms with Crippen molar-refractivity contribution in [2.24, 2.45) is 5.92 Å². The zero-order valence-corrected chi connectivity index (χ0v) is 15.5. The van der Waals surface area contributed by atoms with Gasteiger partial charge in [0.2, 0.25) is 0 Å². The molecule has 2 aromatic rings. The standard InChI is InChI=1S/C19H24N2O3S/c1-3-10-23-15-6-4-5-7-16(15)24-12-18(22)21-19-20-14-9-8-13(2)11-17(14)25-19/h4-7,13H,3,8-12H2,1-2H3,(H,20,21,22). The number of ether oxygens (including phenoxy) is 2. The van der Waals surface area contributed by atoms with Crippen LogP contribution < -0.4 is 14.8 Å². The molecule has 0 saturated heterocycles. The van der Waals surface area contributed by atoms with Gasteiger partial charge in [0.1, 0.15) is 0 Å². The molecule has 1 unspecified atom stereocenters. The maximum absolute atomic E-state index is 12.2. The number of thiazole rings is 1. The van der Waals surface area contributed by atoms with E-state index in [0.717, 1.165) is 25.0 Å². The van der Waals surface area contributed by atoms with Crippen LogP contribution in [0.4, 0.5) is 5.13 Å². The van der Waals surface area contributed by atoms with E-state index in [1.807, 2.05) is 31.2 Å². The van der Waals surface area contributed by atoms with E-state index in [-0.39, 0.29) is 12.5 Å². The van der Waals surface area contributed by atoms with Crippen molar-refractivity contribution in [2.45, 2.75) is 39.5 Å². The van der Waals surface area contributed by atoms with Gasteiger partial charge in [-0.05, 0) is 43.7 Å². The Labute approximate surface area is 152 Å². The Morgan fingerprint density at radius 1 is 1.32 bits per heavy atom. The summed E-state index contributed by atoms with van der Waals surface area (Å²) in [5, 5.41) is 3.52. The second kappa shape index (κ2) is 8.34. The molecule has 0 bridgehead atoms. The number of amides is 1. The molecule has 0 saturated carbocycles. The number of benzene rings is 1. The SMILES string of the molecule is CCCOc1ccccc1OCC(=O)Nc1nc2c(s1)CC(C)CC2. The van der Waals surface area contributed by atoms with Crippen LogP contribution in [-0.2, 0) is 17.6 Å². The molecule has 1 atom stereocenters. The van der Waals surface area contributed by atoms with E-state index in [1.165, 1.54) is 11.3 Å². The molecule has 1 aromatic carbocycles. The molecule has 0 aliphatic heterocycles. The first-order valence-corrected chi connectivity index (χ1v) is 9.60. The molecule has 0 spiro atoms. The second-order valence-electron chi connectivity index (χ2n) is 6.37. The number of carbonyl (C=O) groups is 1. The Kier molecular flexibility index (Phi) is 5.91. The average Bonchev–Trinajstić information content (AvgIpc) is 3.00. The normalized spacial score (nSPS) is 16.2. The molecule has 5 nitrogen and oxygen atoms in total. The highest BCUT2D eigenvalue weighted by Gasteiger charge is 2.20. The van der Waals surface area contributed by atoms with Crippen molar-refractivity contribution >= 4 is 22.4 Å². The molecule has 1 aromatic heterocycles. The van der Waals surface area contributed by atoms with E-state index >= 15 is 0 Å². The Hall–Kier alpha value is -2.08. The number of anilines is 1. The molecule has 1 N–H and O–H groups in total. The molecule has 1 heterocycles. The summed E-state index contributed by atoms with van der Waals surface area (Å²) in [6.45, 7) is 4.86. The van der Waals surface area contributed by atoms with Gasteiger partial charge in [0, 0.05) is 4.88 Å². The fourth-order valence-electron chi connectivity index (χ4n) is 2.79. The predicted octanol–water partition coefficient (Wildman–Crippen LogP) is 4.07. The summed E-state index contributed by atoms with van der Waals surface area (Å²) in [5.74, 6) is 1.73. The van der Waals surface area contributed by atoms with Gasteiger partial charge in [-0.15, -0.1) is 11.3 Å². The molecule has 3 rings (SSSR count). The minimum atomic E-state index is -0.204. The highest BCUT2D eigenvalue weighted by molar-refractivity contribution is 7.15. The maximum Gasteiger partial charge on any atom is 0.264 e. The van der Waals surface area contributed by atoms with Gasteiger partial charge in [0.05, 0.1) is 12.3 Å². The predicted molar refractivity (Wildman–Crippen MR) is 99.7 cm³/mol. The minimum Gasteiger partial charge on any atom is -0.490 e. The van der Waals surface area contributed by atoms with Gasteiger partial charge in [-0.3, -0.25) is 10.1 Å². The Balaban J connectivity index is 1.55. The van der Waals surface area contributed by atoms with Crippen molar-refractivity contribution in [2.75, 3.05) is 18.5 Å². The van der Waals surface area contributed by atoms with Crippen LogP contribution in [0.5, 0.6) is 11.5 Å². The van der Waals surface area contributed by atoms with Gasteiger partial charge in [-0.1, -0.05) is 26.0 Å². The second-order valence-corrected chi connectivity index (χ2v) is 7.45. The summed E-state index contributed by atoms with van der Waals surface area (Å²) in [4.78, 5) is 18.0. The maximum atomic E-state index is 12.2. The number of fused-ring (bicyclic) bond motifs is 1. The van der Waals surface area contributed by atoms with Crippen LogP contribution in [0.3, 0.4) is 0 Å². The number of aryl methyl sites for hydroxylation is 1. The van der Waals surface area contributed by atoms with Gasteiger partial charge in [-0.2, -0.15) is 0 Å². The van der Waals surface area contributed by atoms with E-state index in [0.29, 0.717) is 29.2 Å². The molecule has 1 aliphatic rings. The molecule has 0 fully saturated rings. The first kappa shape index (κ1) is 17.7. The summed E-state index contributed by atoms with van der Waals surface area (Å²) in [6.07, 6.45) is 4.15. The van der Waals surface area contributed by atoms with Crippen molar-refractivity contribution in [1.82, 2.24) is 4.98 Å². The van der Waals surface area contributed by atoms with E-state index in [9.17, 15) is 4.79 Å². The number of hydrogen-bond donors (Lipinski definition) is 1. The lowest BCUT2D eigenvalue weighted by atomic mass is 9.93.